The lowest BCUT2D eigenvalue weighted by Gasteiger charge is -2.31. The van der Waals surface area contributed by atoms with Crippen molar-refractivity contribution in [3.8, 4) is 0 Å². The largest absolute Gasteiger partial charge is 0.463 e. The molecule has 8 nitrogen and oxygen atoms in total. The van der Waals surface area contributed by atoms with Crippen molar-refractivity contribution in [2.75, 3.05) is 7.11 Å². The van der Waals surface area contributed by atoms with Gasteiger partial charge in [-0.3, -0.25) is 9.59 Å². The zero-order chi connectivity index (χ0) is 15.6. The van der Waals surface area contributed by atoms with Gasteiger partial charge >= 0.3 is 17.9 Å². The Hall–Kier alpha value is -2.64. The summed E-state index contributed by atoms with van der Waals surface area (Å²) in [5.41, 5.74) is 0. The minimum atomic E-state index is -1.29. The van der Waals surface area contributed by atoms with Crippen molar-refractivity contribution in [2.45, 2.75) is 19.6 Å². The molecule has 0 unspecified atom stereocenters. The molecular weight excluding hydrogens is 282 g/mol. The predicted octanol–water partition coefficient (Wildman–Crippen LogP) is 1.22. The minimum absolute atomic E-state index is 0.0421. The van der Waals surface area contributed by atoms with Gasteiger partial charge in [0, 0.05) is 26.1 Å². The second-order valence-electron chi connectivity index (χ2n) is 4.63. The van der Waals surface area contributed by atoms with E-state index in [-0.39, 0.29) is 11.6 Å². The molecule has 1 fully saturated rings. The molecule has 0 amide bonds. The molecule has 112 valence electrons. The molecule has 0 saturated carbocycles. The van der Waals surface area contributed by atoms with E-state index < -0.39 is 29.6 Å². The molecule has 1 saturated heterocycles. The number of methoxy groups -OCH3 is 1. The molecule has 0 spiro atoms. The topological polar surface area (TPSA) is 104 Å². The van der Waals surface area contributed by atoms with Crippen LogP contribution in [0.3, 0.4) is 0 Å². The lowest BCUT2D eigenvalue weighted by Crippen LogP contribution is -2.46. The molecule has 0 aromatic carbocycles. The summed E-state index contributed by atoms with van der Waals surface area (Å²) < 4.78 is 19.4. The van der Waals surface area contributed by atoms with Gasteiger partial charge in [0.2, 0.25) is 11.6 Å². The van der Waals surface area contributed by atoms with Crippen molar-refractivity contribution in [3.05, 3.63) is 17.9 Å². The van der Waals surface area contributed by atoms with Gasteiger partial charge in [0.15, 0.2) is 5.92 Å². The second kappa shape index (κ2) is 5.39. The van der Waals surface area contributed by atoms with Crippen molar-refractivity contribution in [1.29, 1.82) is 0 Å². The van der Waals surface area contributed by atoms with E-state index >= 15 is 0 Å². The number of cyclic esters (lactones) is 2. The molecule has 0 aliphatic carbocycles. The molecule has 1 aliphatic rings. The highest BCUT2D eigenvalue weighted by Gasteiger charge is 2.42. The number of aliphatic imine (C=N–C) groups is 1. The number of ether oxygens (including phenoxy) is 3. The number of furan rings is 1. The van der Waals surface area contributed by atoms with Crippen LogP contribution in [-0.2, 0) is 23.8 Å². The third-order valence-corrected chi connectivity index (χ3v) is 2.53. The highest BCUT2D eigenvalue weighted by molar-refractivity contribution is 6.10. The standard InChI is InChI=1S/C13H13NO7/c1-13(2)20-10(15)7(11(16)21-13)6-14-9-5-4-8(19-9)12(17)18-3/h4-7H,1-3H3. The van der Waals surface area contributed by atoms with Crippen molar-refractivity contribution in [2.24, 2.45) is 10.9 Å². The van der Waals surface area contributed by atoms with Crippen LogP contribution in [0, 0.1) is 5.92 Å². The quantitative estimate of drug-likeness (QED) is 0.469. The highest BCUT2D eigenvalue weighted by atomic mass is 16.7. The van der Waals surface area contributed by atoms with Crippen LogP contribution in [0.15, 0.2) is 21.5 Å². The third-order valence-electron chi connectivity index (χ3n) is 2.53. The summed E-state index contributed by atoms with van der Waals surface area (Å²) in [6.45, 7) is 2.90. The highest BCUT2D eigenvalue weighted by Crippen LogP contribution is 2.23. The predicted molar refractivity (Wildman–Crippen MR) is 68.0 cm³/mol. The summed E-state index contributed by atoms with van der Waals surface area (Å²) in [5, 5.41) is 0. The molecule has 8 heteroatoms. The van der Waals surface area contributed by atoms with E-state index in [9.17, 15) is 14.4 Å². The second-order valence-corrected chi connectivity index (χ2v) is 4.63. The van der Waals surface area contributed by atoms with Crippen LogP contribution < -0.4 is 0 Å². The summed E-state index contributed by atoms with van der Waals surface area (Å²) in [6.07, 6.45) is 1.04. The first kappa shape index (κ1) is 14.8. The molecule has 0 atom stereocenters. The Kier molecular flexibility index (Phi) is 3.79. The van der Waals surface area contributed by atoms with Crippen molar-refractivity contribution in [3.63, 3.8) is 0 Å². The van der Waals surface area contributed by atoms with E-state index in [1.165, 1.54) is 33.1 Å². The average Bonchev–Trinajstić information content (AvgIpc) is 2.84. The van der Waals surface area contributed by atoms with Crippen LogP contribution in [0.2, 0.25) is 0 Å². The Morgan fingerprint density at radius 3 is 2.48 bits per heavy atom. The number of carbonyl (C=O) groups excluding carboxylic acids is 3. The Bertz CT molecular complexity index is 594. The number of rotatable bonds is 3. The first-order valence-corrected chi connectivity index (χ1v) is 6.00. The molecule has 1 aliphatic heterocycles. The van der Waals surface area contributed by atoms with Crippen molar-refractivity contribution >= 4 is 30.0 Å². The van der Waals surface area contributed by atoms with Gasteiger partial charge < -0.3 is 18.6 Å². The zero-order valence-corrected chi connectivity index (χ0v) is 11.6. The first-order valence-electron chi connectivity index (χ1n) is 6.00. The maximum Gasteiger partial charge on any atom is 0.374 e. The lowest BCUT2D eigenvalue weighted by molar-refractivity contribution is -0.235. The number of nitrogens with zero attached hydrogens (tertiary/aromatic N) is 1. The van der Waals surface area contributed by atoms with E-state index in [0.29, 0.717) is 0 Å². The summed E-state index contributed by atoms with van der Waals surface area (Å²) >= 11 is 0. The Morgan fingerprint density at radius 1 is 1.29 bits per heavy atom. The zero-order valence-electron chi connectivity index (χ0n) is 11.6. The van der Waals surface area contributed by atoms with Crippen LogP contribution in [0.5, 0.6) is 0 Å². The SMILES string of the molecule is COC(=O)c1ccc(N=CC2C(=O)OC(C)(C)OC2=O)o1. The van der Waals surface area contributed by atoms with Gasteiger partial charge in [-0.25, -0.2) is 9.79 Å². The third kappa shape index (κ3) is 3.28. The Labute approximate surface area is 119 Å². The normalized spacial score (nSPS) is 18.4. The van der Waals surface area contributed by atoms with Gasteiger partial charge in [-0.2, -0.15) is 0 Å². The summed E-state index contributed by atoms with van der Waals surface area (Å²) in [7, 11) is 1.21. The maximum absolute atomic E-state index is 11.7. The summed E-state index contributed by atoms with van der Waals surface area (Å²) in [5.74, 6) is -4.75. The van der Waals surface area contributed by atoms with E-state index in [1.54, 1.807) is 0 Å². The molecule has 0 N–H and O–H groups in total. The molecule has 2 rings (SSSR count). The first-order chi connectivity index (χ1) is 9.82. The number of hydrogen-bond acceptors (Lipinski definition) is 8. The minimum Gasteiger partial charge on any atom is -0.463 e. The smallest absolute Gasteiger partial charge is 0.374 e. The summed E-state index contributed by atoms with van der Waals surface area (Å²) in [4.78, 5) is 38.4. The van der Waals surface area contributed by atoms with Crippen molar-refractivity contribution < 1.29 is 33.0 Å². The summed E-state index contributed by atoms with van der Waals surface area (Å²) in [6, 6.07) is 2.76. The fourth-order valence-electron chi connectivity index (χ4n) is 1.61. The van der Waals surface area contributed by atoms with E-state index in [1.807, 2.05) is 0 Å². The average molecular weight is 295 g/mol. The van der Waals surface area contributed by atoms with Gasteiger partial charge in [0.1, 0.15) is 0 Å². The molecule has 1 aromatic rings. The van der Waals surface area contributed by atoms with Gasteiger partial charge in [-0.05, 0) is 6.07 Å². The molecule has 21 heavy (non-hydrogen) atoms. The van der Waals surface area contributed by atoms with E-state index in [0.717, 1.165) is 6.21 Å². The Balaban J connectivity index is 2.10. The lowest BCUT2D eigenvalue weighted by atomic mass is 10.1. The fourth-order valence-corrected chi connectivity index (χ4v) is 1.61. The number of hydrogen-bond donors (Lipinski definition) is 0. The monoisotopic (exact) mass is 295 g/mol. The van der Waals surface area contributed by atoms with Crippen LogP contribution in [0.4, 0.5) is 5.88 Å². The van der Waals surface area contributed by atoms with Crippen LogP contribution >= 0.6 is 0 Å². The van der Waals surface area contributed by atoms with Gasteiger partial charge in [-0.1, -0.05) is 0 Å². The molecule has 0 radical (unpaired) electrons. The maximum atomic E-state index is 11.7. The van der Waals surface area contributed by atoms with Crippen LogP contribution in [0.25, 0.3) is 0 Å². The number of esters is 3. The van der Waals surface area contributed by atoms with E-state index in [4.69, 9.17) is 13.9 Å². The van der Waals surface area contributed by atoms with Crippen LogP contribution in [-0.4, -0.2) is 37.0 Å². The van der Waals surface area contributed by atoms with Gasteiger partial charge in [-0.15, -0.1) is 0 Å². The molecule has 0 bridgehead atoms. The number of carbonyl (C=O) groups is 3. The van der Waals surface area contributed by atoms with Gasteiger partial charge in [0.25, 0.3) is 5.79 Å². The van der Waals surface area contributed by atoms with E-state index in [2.05, 4.69) is 9.73 Å². The Morgan fingerprint density at radius 2 is 1.90 bits per heavy atom. The van der Waals surface area contributed by atoms with Crippen molar-refractivity contribution in [1.82, 2.24) is 0 Å². The molecule has 2 heterocycles. The van der Waals surface area contributed by atoms with Gasteiger partial charge in [0.05, 0.1) is 7.11 Å². The molecule has 1 aromatic heterocycles. The fraction of sp³-hybridized carbons (Fsp3) is 0.385. The van der Waals surface area contributed by atoms with Crippen LogP contribution in [0.1, 0.15) is 24.4 Å². The molecular formula is C13H13NO7.